The molecule has 2 heterocycles. The molecule has 2 aliphatic heterocycles. The predicted octanol–water partition coefficient (Wildman–Crippen LogP) is 0.801. The summed E-state index contributed by atoms with van der Waals surface area (Å²) >= 11 is 2.10. The van der Waals surface area contributed by atoms with Crippen LogP contribution in [0.1, 0.15) is 13.8 Å². The normalized spacial score (nSPS) is 39.2. The first-order valence-electron chi connectivity index (χ1n) is 5.94. The van der Waals surface area contributed by atoms with E-state index in [2.05, 4.69) is 35.8 Å². The van der Waals surface area contributed by atoms with E-state index in [9.17, 15) is 0 Å². The first kappa shape index (κ1) is 11.7. The third-order valence-corrected chi connectivity index (χ3v) is 4.81. The summed E-state index contributed by atoms with van der Waals surface area (Å²) in [4.78, 5) is 2.60. The molecule has 0 spiro atoms. The fourth-order valence-electron chi connectivity index (χ4n) is 2.27. The van der Waals surface area contributed by atoms with Crippen molar-refractivity contribution in [2.24, 2.45) is 0 Å². The molecule has 2 rings (SSSR count). The summed E-state index contributed by atoms with van der Waals surface area (Å²) in [6.07, 6.45) is 0. The van der Waals surface area contributed by atoms with E-state index in [0.717, 1.165) is 31.6 Å². The summed E-state index contributed by atoms with van der Waals surface area (Å²) in [6, 6.07) is 1.24. The highest BCUT2D eigenvalue weighted by Gasteiger charge is 2.27. The Labute approximate surface area is 96.9 Å². The van der Waals surface area contributed by atoms with Crippen LogP contribution < -0.4 is 5.32 Å². The Morgan fingerprint density at radius 3 is 3.07 bits per heavy atom. The van der Waals surface area contributed by atoms with Gasteiger partial charge in [-0.05, 0) is 6.92 Å². The molecule has 0 aromatic rings. The Balaban J connectivity index is 1.81. The Morgan fingerprint density at radius 1 is 1.47 bits per heavy atom. The van der Waals surface area contributed by atoms with Crippen molar-refractivity contribution in [3.05, 3.63) is 0 Å². The van der Waals surface area contributed by atoms with Gasteiger partial charge in [-0.3, -0.25) is 4.90 Å². The number of morpholine rings is 1. The van der Waals surface area contributed by atoms with Gasteiger partial charge >= 0.3 is 0 Å². The second-order valence-corrected chi connectivity index (χ2v) is 6.02. The summed E-state index contributed by atoms with van der Waals surface area (Å²) in [5, 5.41) is 4.30. The zero-order chi connectivity index (χ0) is 10.7. The van der Waals surface area contributed by atoms with E-state index in [1.807, 2.05) is 0 Å². The van der Waals surface area contributed by atoms with Crippen molar-refractivity contribution in [1.82, 2.24) is 10.2 Å². The lowest BCUT2D eigenvalue weighted by atomic mass is 10.1. The lowest BCUT2D eigenvalue weighted by molar-refractivity contribution is 0.0561. The molecule has 0 saturated carbocycles. The zero-order valence-corrected chi connectivity index (χ0v) is 10.6. The van der Waals surface area contributed by atoms with Gasteiger partial charge in [0.05, 0.1) is 13.2 Å². The summed E-state index contributed by atoms with van der Waals surface area (Å²) in [5.74, 6) is 1.28. The Kier molecular flexibility index (Phi) is 4.31. The molecule has 3 atom stereocenters. The van der Waals surface area contributed by atoms with Gasteiger partial charge in [0.15, 0.2) is 0 Å². The molecule has 0 aromatic carbocycles. The summed E-state index contributed by atoms with van der Waals surface area (Å²) < 4.78 is 5.49. The van der Waals surface area contributed by atoms with Crippen LogP contribution in [0.25, 0.3) is 0 Å². The van der Waals surface area contributed by atoms with Crippen LogP contribution in [0.15, 0.2) is 0 Å². The molecule has 2 saturated heterocycles. The summed E-state index contributed by atoms with van der Waals surface area (Å²) in [6.45, 7) is 9.83. The van der Waals surface area contributed by atoms with Gasteiger partial charge in [0.1, 0.15) is 0 Å². The molecule has 0 bridgehead atoms. The number of hydrogen-bond donors (Lipinski definition) is 1. The molecular weight excluding hydrogens is 208 g/mol. The average molecular weight is 230 g/mol. The Bertz CT molecular complexity index is 197. The van der Waals surface area contributed by atoms with E-state index in [1.165, 1.54) is 12.3 Å². The topological polar surface area (TPSA) is 24.5 Å². The van der Waals surface area contributed by atoms with Gasteiger partial charge < -0.3 is 10.1 Å². The lowest BCUT2D eigenvalue weighted by Crippen LogP contribution is -2.53. The van der Waals surface area contributed by atoms with Crippen LogP contribution in [-0.2, 0) is 4.74 Å². The molecule has 0 amide bonds. The minimum absolute atomic E-state index is 0.538. The lowest BCUT2D eigenvalue weighted by Gasteiger charge is -2.40. The molecule has 88 valence electrons. The number of hydrogen-bond acceptors (Lipinski definition) is 4. The van der Waals surface area contributed by atoms with Gasteiger partial charge in [0.25, 0.3) is 0 Å². The number of nitrogens with zero attached hydrogens (tertiary/aromatic N) is 1. The van der Waals surface area contributed by atoms with Crippen LogP contribution >= 0.6 is 11.8 Å². The third kappa shape index (κ3) is 3.09. The second-order valence-electron chi connectivity index (χ2n) is 4.54. The van der Waals surface area contributed by atoms with Crippen molar-refractivity contribution in [1.29, 1.82) is 0 Å². The van der Waals surface area contributed by atoms with E-state index in [4.69, 9.17) is 4.74 Å². The van der Waals surface area contributed by atoms with Gasteiger partial charge in [0.2, 0.25) is 0 Å². The molecule has 0 aromatic heterocycles. The fraction of sp³-hybridized carbons (Fsp3) is 1.00. The predicted molar refractivity (Wildman–Crippen MR) is 65.6 cm³/mol. The molecule has 3 unspecified atom stereocenters. The molecule has 2 aliphatic rings. The van der Waals surface area contributed by atoms with Gasteiger partial charge in [-0.25, -0.2) is 0 Å². The van der Waals surface area contributed by atoms with Gasteiger partial charge in [0, 0.05) is 42.7 Å². The molecule has 15 heavy (non-hydrogen) atoms. The van der Waals surface area contributed by atoms with Crippen molar-refractivity contribution in [3.63, 3.8) is 0 Å². The highest BCUT2D eigenvalue weighted by atomic mass is 32.2. The van der Waals surface area contributed by atoms with Crippen LogP contribution in [0.3, 0.4) is 0 Å². The van der Waals surface area contributed by atoms with E-state index in [1.54, 1.807) is 0 Å². The minimum atomic E-state index is 0.538. The summed E-state index contributed by atoms with van der Waals surface area (Å²) in [7, 11) is 0. The second kappa shape index (κ2) is 5.53. The minimum Gasteiger partial charge on any atom is -0.378 e. The van der Waals surface area contributed by atoms with Gasteiger partial charge in [-0.2, -0.15) is 11.8 Å². The van der Waals surface area contributed by atoms with Crippen LogP contribution in [-0.4, -0.2) is 60.8 Å². The quantitative estimate of drug-likeness (QED) is 0.758. The highest BCUT2D eigenvalue weighted by Crippen LogP contribution is 2.24. The van der Waals surface area contributed by atoms with Crippen LogP contribution in [0, 0.1) is 0 Å². The Hall–Kier alpha value is 0.230. The zero-order valence-electron chi connectivity index (χ0n) is 9.74. The maximum Gasteiger partial charge on any atom is 0.0632 e. The first-order valence-corrected chi connectivity index (χ1v) is 6.99. The average Bonchev–Trinajstić information content (AvgIpc) is 2.26. The molecule has 1 N–H and O–H groups in total. The van der Waals surface area contributed by atoms with E-state index < -0.39 is 0 Å². The smallest absolute Gasteiger partial charge is 0.0632 e. The molecule has 3 nitrogen and oxygen atoms in total. The monoisotopic (exact) mass is 230 g/mol. The van der Waals surface area contributed by atoms with E-state index >= 15 is 0 Å². The highest BCUT2D eigenvalue weighted by molar-refractivity contribution is 8.00. The first-order chi connectivity index (χ1) is 7.27. The molecule has 0 radical (unpaired) electrons. The maximum atomic E-state index is 5.49. The Morgan fingerprint density at radius 2 is 2.33 bits per heavy atom. The molecule has 2 fully saturated rings. The molecular formula is C11H22N2OS. The maximum absolute atomic E-state index is 5.49. The van der Waals surface area contributed by atoms with Gasteiger partial charge in [-0.15, -0.1) is 0 Å². The SMILES string of the molecule is CC1SCCN(CC2COCCN2)C1C. The number of nitrogens with one attached hydrogen (secondary N) is 1. The van der Waals surface area contributed by atoms with Crippen LogP contribution in [0.5, 0.6) is 0 Å². The molecule has 0 aliphatic carbocycles. The number of ether oxygens (including phenoxy) is 1. The summed E-state index contributed by atoms with van der Waals surface area (Å²) in [5.41, 5.74) is 0. The largest absolute Gasteiger partial charge is 0.378 e. The van der Waals surface area contributed by atoms with Crippen molar-refractivity contribution in [2.75, 3.05) is 38.6 Å². The standard InChI is InChI=1S/C11H22N2OS/c1-9-10(2)15-6-4-13(9)7-11-8-14-5-3-12-11/h9-12H,3-8H2,1-2H3. The number of rotatable bonds is 2. The molecule has 4 heteroatoms. The van der Waals surface area contributed by atoms with Crippen molar-refractivity contribution in [2.45, 2.75) is 31.2 Å². The van der Waals surface area contributed by atoms with E-state index in [0.29, 0.717) is 12.1 Å². The van der Waals surface area contributed by atoms with Crippen molar-refractivity contribution < 1.29 is 4.74 Å². The van der Waals surface area contributed by atoms with Crippen LogP contribution in [0.2, 0.25) is 0 Å². The van der Waals surface area contributed by atoms with Crippen LogP contribution in [0.4, 0.5) is 0 Å². The van der Waals surface area contributed by atoms with E-state index in [-0.39, 0.29) is 0 Å². The third-order valence-electron chi connectivity index (χ3n) is 3.47. The van der Waals surface area contributed by atoms with Crippen molar-refractivity contribution >= 4 is 11.8 Å². The van der Waals surface area contributed by atoms with Gasteiger partial charge in [-0.1, -0.05) is 6.92 Å². The number of thioether (sulfide) groups is 1. The van der Waals surface area contributed by atoms with Crippen molar-refractivity contribution in [3.8, 4) is 0 Å². The fourth-order valence-corrected chi connectivity index (χ4v) is 3.44.